The zero-order valence-electron chi connectivity index (χ0n) is 20.8. The molecule has 1 heterocycles. The average Bonchev–Trinajstić information content (AvgIpc) is 3.03. The minimum atomic E-state index is -1.18. The largest absolute Gasteiger partial charge is 0.449 e. The summed E-state index contributed by atoms with van der Waals surface area (Å²) in [5.74, 6) is 0. The van der Waals surface area contributed by atoms with Gasteiger partial charge in [-0.3, -0.25) is 4.57 Å². The molecule has 2 aromatic carbocycles. The number of carbonyl (C=O) groups excluding carboxylic acids is 1. The summed E-state index contributed by atoms with van der Waals surface area (Å²) in [6.07, 6.45) is 0.663. The van der Waals surface area contributed by atoms with Crippen molar-refractivity contribution in [1.29, 1.82) is 0 Å². The first-order valence-electron chi connectivity index (χ1n) is 11.6. The van der Waals surface area contributed by atoms with E-state index in [0.717, 1.165) is 23.0 Å². The third-order valence-corrected chi connectivity index (χ3v) is 6.25. The van der Waals surface area contributed by atoms with Crippen LogP contribution in [-0.2, 0) is 21.0 Å². The van der Waals surface area contributed by atoms with Gasteiger partial charge in [-0.15, -0.1) is 0 Å². The normalized spacial score (nSPS) is 13.0. The summed E-state index contributed by atoms with van der Waals surface area (Å²) < 4.78 is 14.3. The lowest BCUT2D eigenvalue weighted by Crippen LogP contribution is -2.34. The highest BCUT2D eigenvalue weighted by molar-refractivity contribution is 6.48. The molecule has 3 rings (SSSR count). The Labute approximate surface area is 197 Å². The molecule has 3 aromatic rings. The maximum Gasteiger partial charge on any atom is 0.422 e. The third kappa shape index (κ3) is 5.14. The van der Waals surface area contributed by atoms with Crippen LogP contribution in [-0.4, -0.2) is 30.9 Å². The summed E-state index contributed by atoms with van der Waals surface area (Å²) in [7, 11) is -1.18. The second kappa shape index (κ2) is 10.1. The van der Waals surface area contributed by atoms with E-state index >= 15 is 0 Å². The molecule has 1 radical (unpaired) electrons. The molecule has 0 saturated carbocycles. The summed E-state index contributed by atoms with van der Waals surface area (Å²) in [6, 6.07) is 13.7. The summed E-state index contributed by atoms with van der Waals surface area (Å²) in [5.41, 5.74) is 4.18. The minimum absolute atomic E-state index is 0.0145. The number of para-hydroxylation sites is 2. The molecule has 7 heteroatoms. The van der Waals surface area contributed by atoms with E-state index in [0.29, 0.717) is 11.0 Å². The second-order valence-electron chi connectivity index (χ2n) is 9.47. The second-order valence-corrected chi connectivity index (χ2v) is 11.5. The number of imidazole rings is 1. The van der Waals surface area contributed by atoms with Crippen molar-refractivity contribution in [3.63, 3.8) is 0 Å². The van der Waals surface area contributed by atoms with Crippen LogP contribution in [0.25, 0.3) is 11.0 Å². The van der Waals surface area contributed by atoms with E-state index in [2.05, 4.69) is 45.9 Å². The number of nitrogens with zero attached hydrogens (tertiary/aromatic N) is 2. The lowest BCUT2D eigenvalue weighted by atomic mass is 9.82. The van der Waals surface area contributed by atoms with Crippen molar-refractivity contribution in [2.24, 2.45) is 0 Å². The molecule has 1 unspecified atom stereocenters. The van der Waals surface area contributed by atoms with Gasteiger partial charge in [0.25, 0.3) is 0 Å². The van der Waals surface area contributed by atoms with Gasteiger partial charge in [0.2, 0.25) is 9.04 Å². The first kappa shape index (κ1) is 25.0. The van der Waals surface area contributed by atoms with Crippen molar-refractivity contribution in [2.75, 3.05) is 6.61 Å². The number of rotatable bonds is 7. The van der Waals surface area contributed by atoms with Gasteiger partial charge < -0.3 is 9.16 Å². The van der Waals surface area contributed by atoms with Gasteiger partial charge in [0, 0.05) is 5.56 Å². The Morgan fingerprint density at radius 1 is 1.06 bits per heavy atom. The Kier molecular flexibility index (Phi) is 7.64. The zero-order chi connectivity index (χ0) is 24.3. The highest BCUT2D eigenvalue weighted by Gasteiger charge is 2.28. The highest BCUT2D eigenvalue weighted by Crippen LogP contribution is 2.32. The van der Waals surface area contributed by atoms with Crippen molar-refractivity contribution < 1.29 is 14.0 Å². The number of fused-ring (bicyclic) bond motifs is 1. The van der Waals surface area contributed by atoms with E-state index in [1.54, 1.807) is 17.6 Å². The fourth-order valence-corrected chi connectivity index (χ4v) is 4.92. The number of ether oxygens (including phenoxy) is 1. The number of aromatic nitrogens is 2. The fourth-order valence-electron chi connectivity index (χ4n) is 4.23. The Bertz CT molecular complexity index is 1190. The summed E-state index contributed by atoms with van der Waals surface area (Å²) >= 11 is 0. The first-order chi connectivity index (χ1) is 15.6. The van der Waals surface area contributed by atoms with E-state index in [4.69, 9.17) is 9.16 Å². The van der Waals surface area contributed by atoms with Crippen LogP contribution in [0.5, 0.6) is 0 Å². The SMILES string of the molecule is CCCc1cc(C(O[Si](C)C)n2c(=O)n(C(=O)OCC)c3ccccc32)ccc1C(C)(C)C. The molecule has 0 saturated heterocycles. The number of hydrogen-bond acceptors (Lipinski definition) is 4. The van der Waals surface area contributed by atoms with Gasteiger partial charge in [0.05, 0.1) is 17.6 Å². The van der Waals surface area contributed by atoms with Crippen LogP contribution in [0.15, 0.2) is 47.3 Å². The van der Waals surface area contributed by atoms with E-state index < -0.39 is 27.1 Å². The van der Waals surface area contributed by atoms with Crippen LogP contribution in [0.2, 0.25) is 13.1 Å². The zero-order valence-corrected chi connectivity index (χ0v) is 21.8. The summed E-state index contributed by atoms with van der Waals surface area (Å²) in [6.45, 7) is 14.8. The van der Waals surface area contributed by atoms with Gasteiger partial charge in [-0.25, -0.2) is 9.59 Å². The highest BCUT2D eigenvalue weighted by atomic mass is 28.3. The van der Waals surface area contributed by atoms with Crippen molar-refractivity contribution >= 4 is 26.2 Å². The Balaban J connectivity index is 2.27. The first-order valence-corrected chi connectivity index (χ1v) is 14.0. The van der Waals surface area contributed by atoms with Gasteiger partial charge in [-0.2, -0.15) is 4.57 Å². The van der Waals surface area contributed by atoms with Crippen LogP contribution in [0.4, 0.5) is 4.79 Å². The third-order valence-electron chi connectivity index (χ3n) is 5.55. The maximum atomic E-state index is 13.6. The Morgan fingerprint density at radius 3 is 2.30 bits per heavy atom. The minimum Gasteiger partial charge on any atom is -0.449 e. The molecular formula is C26H35N2O4Si. The molecule has 0 fully saturated rings. The molecule has 33 heavy (non-hydrogen) atoms. The Morgan fingerprint density at radius 2 is 1.73 bits per heavy atom. The lowest BCUT2D eigenvalue weighted by Gasteiger charge is -2.27. The van der Waals surface area contributed by atoms with Gasteiger partial charge in [-0.05, 0) is 55.1 Å². The molecule has 0 N–H and O–H groups in total. The van der Waals surface area contributed by atoms with Crippen LogP contribution in [0, 0.1) is 0 Å². The molecule has 0 amide bonds. The maximum absolute atomic E-state index is 13.6. The van der Waals surface area contributed by atoms with Gasteiger partial charge >= 0.3 is 11.8 Å². The molecule has 0 aliphatic carbocycles. The van der Waals surface area contributed by atoms with E-state index in [1.165, 1.54) is 11.1 Å². The predicted octanol–water partition coefficient (Wildman–Crippen LogP) is 5.87. The van der Waals surface area contributed by atoms with Gasteiger partial charge in [0.15, 0.2) is 6.23 Å². The smallest absolute Gasteiger partial charge is 0.422 e. The topological polar surface area (TPSA) is 62.5 Å². The predicted molar refractivity (Wildman–Crippen MR) is 134 cm³/mol. The van der Waals surface area contributed by atoms with E-state index in [9.17, 15) is 9.59 Å². The molecule has 177 valence electrons. The molecule has 0 aliphatic heterocycles. The quantitative estimate of drug-likeness (QED) is 0.408. The number of benzene rings is 2. The van der Waals surface area contributed by atoms with Crippen LogP contribution in [0.3, 0.4) is 0 Å². The summed E-state index contributed by atoms with van der Waals surface area (Å²) in [5, 5.41) is 0. The molecule has 0 spiro atoms. The molecule has 6 nitrogen and oxygen atoms in total. The van der Waals surface area contributed by atoms with Crippen molar-refractivity contribution in [3.8, 4) is 0 Å². The van der Waals surface area contributed by atoms with Crippen molar-refractivity contribution in [2.45, 2.75) is 72.2 Å². The number of aryl methyl sites for hydroxylation is 1. The van der Waals surface area contributed by atoms with Gasteiger partial charge in [0.1, 0.15) is 0 Å². The lowest BCUT2D eigenvalue weighted by molar-refractivity contribution is 0.150. The standard InChI is InChI=1S/C26H35N2O4Si/c1-8-12-18-17-19(15-16-20(18)26(3,4)5)23(32-33(6)7)27-21-13-10-11-14-22(21)28(24(27)29)25(30)31-9-2/h10-11,13-17,23H,8-9,12H2,1-7H3. The number of hydrogen-bond donors (Lipinski definition) is 0. The molecule has 1 aromatic heterocycles. The monoisotopic (exact) mass is 467 g/mol. The van der Waals surface area contributed by atoms with Crippen LogP contribution in [0.1, 0.15) is 64.0 Å². The molecular weight excluding hydrogens is 432 g/mol. The van der Waals surface area contributed by atoms with Crippen molar-refractivity contribution in [1.82, 2.24) is 9.13 Å². The average molecular weight is 468 g/mol. The van der Waals surface area contributed by atoms with E-state index in [-0.39, 0.29) is 12.0 Å². The van der Waals surface area contributed by atoms with Crippen LogP contribution < -0.4 is 5.69 Å². The van der Waals surface area contributed by atoms with Crippen LogP contribution >= 0.6 is 0 Å². The summed E-state index contributed by atoms with van der Waals surface area (Å²) in [4.78, 5) is 26.3. The Hall–Kier alpha value is -2.64. The van der Waals surface area contributed by atoms with E-state index in [1.807, 2.05) is 31.3 Å². The molecule has 0 bridgehead atoms. The molecule has 1 atom stereocenters. The van der Waals surface area contributed by atoms with Gasteiger partial charge in [-0.1, -0.05) is 64.4 Å². The van der Waals surface area contributed by atoms with Crippen molar-refractivity contribution in [3.05, 3.63) is 69.6 Å². The molecule has 0 aliphatic rings. The number of carbonyl (C=O) groups is 1. The fraction of sp³-hybridized carbons (Fsp3) is 0.462.